The monoisotopic (exact) mass is 477 g/mol. The number of pyridine rings is 1. The molecule has 33 heavy (non-hydrogen) atoms. The molecular formula is C24H17Cl2N5O2. The highest BCUT2D eigenvalue weighted by atomic mass is 35.5. The number of ether oxygens (including phenoxy) is 1. The van der Waals surface area contributed by atoms with E-state index in [0.717, 1.165) is 10.9 Å². The summed E-state index contributed by atoms with van der Waals surface area (Å²) in [6, 6.07) is 14.6. The highest BCUT2D eigenvalue weighted by molar-refractivity contribution is 6.42. The molecule has 1 amide bonds. The van der Waals surface area contributed by atoms with Crippen molar-refractivity contribution in [1.82, 2.24) is 14.8 Å². The first-order valence-electron chi connectivity index (χ1n) is 9.78. The van der Waals surface area contributed by atoms with Gasteiger partial charge in [-0.3, -0.25) is 4.79 Å². The Morgan fingerprint density at radius 2 is 2.03 bits per heavy atom. The third-order valence-corrected chi connectivity index (χ3v) is 5.67. The molecule has 0 atom stereocenters. The maximum absolute atomic E-state index is 12.6. The third-order valence-electron chi connectivity index (χ3n) is 4.93. The van der Waals surface area contributed by atoms with E-state index in [1.54, 1.807) is 31.4 Å². The standard InChI is InChI=1S/C24H17Cl2N5O2/c1-14-10-21(29-23-17(14)4-3-5-20(23)33-2)31-24(16(12-27)13-28-31)30-22(32)9-7-15-6-8-18(25)19(26)11-15/h3-11,13H,1-2H3,(H,30,32)/b9-7+. The average molecular weight is 478 g/mol. The van der Waals surface area contributed by atoms with Gasteiger partial charge in [0.25, 0.3) is 0 Å². The molecule has 0 unspecified atom stereocenters. The van der Waals surface area contributed by atoms with Crippen molar-refractivity contribution in [3.8, 4) is 17.6 Å². The van der Waals surface area contributed by atoms with Gasteiger partial charge in [0, 0.05) is 11.5 Å². The van der Waals surface area contributed by atoms with Gasteiger partial charge in [-0.1, -0.05) is 41.4 Å². The third kappa shape index (κ3) is 4.53. The number of aromatic nitrogens is 3. The molecule has 4 aromatic rings. The zero-order valence-electron chi connectivity index (χ0n) is 17.6. The highest BCUT2D eigenvalue weighted by Gasteiger charge is 2.17. The second kappa shape index (κ2) is 9.33. The number of methoxy groups -OCH3 is 1. The smallest absolute Gasteiger partial charge is 0.249 e. The van der Waals surface area contributed by atoms with Gasteiger partial charge in [-0.05, 0) is 48.4 Å². The molecule has 0 bridgehead atoms. The predicted molar refractivity (Wildman–Crippen MR) is 129 cm³/mol. The van der Waals surface area contributed by atoms with Gasteiger partial charge in [0.15, 0.2) is 11.6 Å². The summed E-state index contributed by atoms with van der Waals surface area (Å²) < 4.78 is 6.86. The molecule has 7 nitrogen and oxygen atoms in total. The van der Waals surface area contributed by atoms with E-state index in [1.807, 2.05) is 37.3 Å². The second-order valence-corrected chi connectivity index (χ2v) is 7.89. The number of fused-ring (bicyclic) bond motifs is 1. The number of carbonyl (C=O) groups excluding carboxylic acids is 1. The fourth-order valence-electron chi connectivity index (χ4n) is 3.32. The summed E-state index contributed by atoms with van der Waals surface area (Å²) in [6.45, 7) is 1.94. The maximum atomic E-state index is 12.6. The van der Waals surface area contributed by atoms with E-state index in [9.17, 15) is 10.1 Å². The molecule has 9 heteroatoms. The molecule has 2 heterocycles. The van der Waals surface area contributed by atoms with Crippen molar-refractivity contribution in [2.75, 3.05) is 12.4 Å². The minimum atomic E-state index is -0.450. The van der Waals surface area contributed by atoms with Crippen LogP contribution in [0, 0.1) is 18.3 Å². The Balaban J connectivity index is 1.70. The van der Waals surface area contributed by atoms with Crippen molar-refractivity contribution in [2.45, 2.75) is 6.92 Å². The van der Waals surface area contributed by atoms with Crippen LogP contribution in [0.15, 0.2) is 54.7 Å². The van der Waals surface area contributed by atoms with Gasteiger partial charge in [-0.2, -0.15) is 15.0 Å². The van der Waals surface area contributed by atoms with Crippen LogP contribution >= 0.6 is 23.2 Å². The van der Waals surface area contributed by atoms with E-state index in [2.05, 4.69) is 15.4 Å². The van der Waals surface area contributed by atoms with Gasteiger partial charge in [-0.15, -0.1) is 0 Å². The highest BCUT2D eigenvalue weighted by Crippen LogP contribution is 2.29. The Hall–Kier alpha value is -3.86. The van der Waals surface area contributed by atoms with Crippen molar-refractivity contribution in [1.29, 1.82) is 5.26 Å². The second-order valence-electron chi connectivity index (χ2n) is 7.08. The van der Waals surface area contributed by atoms with Crippen LogP contribution in [0.1, 0.15) is 16.7 Å². The molecule has 164 valence electrons. The summed E-state index contributed by atoms with van der Waals surface area (Å²) in [6.07, 6.45) is 4.30. The molecule has 4 rings (SSSR count). The quantitative estimate of drug-likeness (QED) is 0.379. The van der Waals surface area contributed by atoms with Crippen LogP contribution in [-0.2, 0) is 4.79 Å². The van der Waals surface area contributed by atoms with E-state index in [0.29, 0.717) is 32.7 Å². The van der Waals surface area contributed by atoms with Crippen LogP contribution < -0.4 is 10.1 Å². The molecule has 0 aliphatic rings. The van der Waals surface area contributed by atoms with Crippen molar-refractivity contribution in [3.63, 3.8) is 0 Å². The Morgan fingerprint density at radius 1 is 1.21 bits per heavy atom. The lowest BCUT2D eigenvalue weighted by Gasteiger charge is -2.12. The normalized spacial score (nSPS) is 11.0. The first kappa shape index (κ1) is 22.3. The molecule has 0 aliphatic heterocycles. The Bertz CT molecular complexity index is 1450. The molecule has 0 aliphatic carbocycles. The number of hydrogen-bond donors (Lipinski definition) is 1. The van der Waals surface area contributed by atoms with Gasteiger partial charge < -0.3 is 10.1 Å². The molecule has 0 spiro atoms. The number of nitrogens with one attached hydrogen (secondary N) is 1. The lowest BCUT2D eigenvalue weighted by atomic mass is 10.1. The molecule has 0 radical (unpaired) electrons. The fourth-order valence-corrected chi connectivity index (χ4v) is 3.62. The number of amides is 1. The van der Waals surface area contributed by atoms with Gasteiger partial charge in [0.1, 0.15) is 22.9 Å². The van der Waals surface area contributed by atoms with Crippen molar-refractivity contribution in [2.24, 2.45) is 0 Å². The van der Waals surface area contributed by atoms with Crippen LogP contribution in [0.3, 0.4) is 0 Å². The minimum Gasteiger partial charge on any atom is -0.494 e. The number of nitrogens with zero attached hydrogens (tertiary/aromatic N) is 4. The molecule has 0 saturated heterocycles. The van der Waals surface area contributed by atoms with Crippen molar-refractivity contribution < 1.29 is 9.53 Å². The van der Waals surface area contributed by atoms with Crippen molar-refractivity contribution >= 4 is 51.9 Å². The summed E-state index contributed by atoms with van der Waals surface area (Å²) in [5.74, 6) is 0.812. The summed E-state index contributed by atoms with van der Waals surface area (Å²) in [5, 5.41) is 18.3. The number of aryl methyl sites for hydroxylation is 1. The van der Waals surface area contributed by atoms with E-state index >= 15 is 0 Å². The molecule has 2 aromatic heterocycles. The first-order chi connectivity index (χ1) is 15.9. The average Bonchev–Trinajstić information content (AvgIpc) is 3.21. The van der Waals surface area contributed by atoms with E-state index in [-0.39, 0.29) is 11.4 Å². The molecule has 0 fully saturated rings. The van der Waals surface area contributed by atoms with E-state index < -0.39 is 5.91 Å². The van der Waals surface area contributed by atoms with Crippen LogP contribution in [0.4, 0.5) is 5.82 Å². The number of benzene rings is 2. The van der Waals surface area contributed by atoms with E-state index in [1.165, 1.54) is 17.0 Å². The number of carbonyl (C=O) groups is 1. The number of nitriles is 1. The largest absolute Gasteiger partial charge is 0.494 e. The van der Waals surface area contributed by atoms with Crippen LogP contribution in [0.5, 0.6) is 5.75 Å². The molecular weight excluding hydrogens is 461 g/mol. The lowest BCUT2D eigenvalue weighted by molar-refractivity contribution is -0.111. The number of hydrogen-bond acceptors (Lipinski definition) is 5. The van der Waals surface area contributed by atoms with Gasteiger partial charge >= 0.3 is 0 Å². The summed E-state index contributed by atoms with van der Waals surface area (Å²) in [7, 11) is 1.58. The fraction of sp³-hybridized carbons (Fsp3) is 0.0833. The number of para-hydroxylation sites is 1. The zero-order valence-corrected chi connectivity index (χ0v) is 19.1. The summed E-state index contributed by atoms with van der Waals surface area (Å²) in [4.78, 5) is 17.3. The first-order valence-corrected chi connectivity index (χ1v) is 10.5. The lowest BCUT2D eigenvalue weighted by Crippen LogP contribution is -2.14. The van der Waals surface area contributed by atoms with Crippen LogP contribution in [-0.4, -0.2) is 27.8 Å². The van der Waals surface area contributed by atoms with Gasteiger partial charge in [0.2, 0.25) is 5.91 Å². The topological polar surface area (TPSA) is 92.8 Å². The number of anilines is 1. The summed E-state index contributed by atoms with van der Waals surface area (Å²) in [5.41, 5.74) is 2.50. The Labute approximate surface area is 199 Å². The predicted octanol–water partition coefficient (Wildman–Crippen LogP) is 5.57. The Morgan fingerprint density at radius 3 is 2.76 bits per heavy atom. The van der Waals surface area contributed by atoms with Crippen LogP contribution in [0.25, 0.3) is 22.8 Å². The van der Waals surface area contributed by atoms with Gasteiger partial charge in [0.05, 0.1) is 23.4 Å². The van der Waals surface area contributed by atoms with Crippen molar-refractivity contribution in [3.05, 3.63) is 81.5 Å². The zero-order chi connectivity index (χ0) is 23.5. The van der Waals surface area contributed by atoms with Crippen LogP contribution in [0.2, 0.25) is 10.0 Å². The molecule has 1 N–H and O–H groups in total. The molecule has 2 aromatic carbocycles. The SMILES string of the molecule is COc1cccc2c(C)cc(-n3ncc(C#N)c3NC(=O)/C=C/c3ccc(Cl)c(Cl)c3)nc12. The number of rotatable bonds is 5. The van der Waals surface area contributed by atoms with Gasteiger partial charge in [-0.25, -0.2) is 4.98 Å². The number of halogens is 2. The molecule has 0 saturated carbocycles. The maximum Gasteiger partial charge on any atom is 0.249 e. The summed E-state index contributed by atoms with van der Waals surface area (Å²) >= 11 is 11.9. The minimum absolute atomic E-state index is 0.200. The Kier molecular flexibility index (Phi) is 6.31. The van der Waals surface area contributed by atoms with E-state index in [4.69, 9.17) is 27.9 Å².